The molecule has 2 heterocycles. The molecule has 2 aromatic heterocycles. The van der Waals surface area contributed by atoms with Crippen LogP contribution in [0.5, 0.6) is 0 Å². The van der Waals surface area contributed by atoms with Gasteiger partial charge in [-0.05, 0) is 81.4 Å². The Morgan fingerprint density at radius 2 is 1.17 bits per heavy atom. The van der Waals surface area contributed by atoms with E-state index in [0.29, 0.717) is 0 Å². The van der Waals surface area contributed by atoms with Crippen LogP contribution in [0.25, 0.3) is 82.8 Å². The van der Waals surface area contributed by atoms with E-state index in [1.807, 2.05) is 6.07 Å². The van der Waals surface area contributed by atoms with Gasteiger partial charge >= 0.3 is 0 Å². The van der Waals surface area contributed by atoms with Gasteiger partial charge in [0.25, 0.3) is 0 Å². The number of furan rings is 1. The third kappa shape index (κ3) is 3.73. The summed E-state index contributed by atoms with van der Waals surface area (Å²) in [5.41, 5.74) is 15.5. The van der Waals surface area contributed by atoms with E-state index in [4.69, 9.17) is 4.42 Å². The lowest BCUT2D eigenvalue weighted by atomic mass is 9.82. The van der Waals surface area contributed by atoms with Crippen LogP contribution in [0.4, 0.5) is 0 Å². The molecule has 222 valence electrons. The molecule has 0 saturated heterocycles. The Kier molecular flexibility index (Phi) is 5.37. The van der Waals surface area contributed by atoms with Gasteiger partial charge in [-0.2, -0.15) is 0 Å². The number of aromatic nitrogens is 1. The van der Waals surface area contributed by atoms with Crippen molar-refractivity contribution in [3.63, 3.8) is 0 Å². The summed E-state index contributed by atoms with van der Waals surface area (Å²) in [6, 6.07) is 55.2. The Balaban J connectivity index is 1.25. The maximum Gasteiger partial charge on any atom is 0.143 e. The summed E-state index contributed by atoms with van der Waals surface area (Å²) >= 11 is 0. The molecule has 0 spiro atoms. The molecule has 0 N–H and O–H groups in total. The van der Waals surface area contributed by atoms with E-state index in [-0.39, 0.29) is 5.41 Å². The molecule has 0 radical (unpaired) electrons. The highest BCUT2D eigenvalue weighted by molar-refractivity contribution is 6.13. The van der Waals surface area contributed by atoms with Crippen molar-refractivity contribution in [2.24, 2.45) is 0 Å². The van der Waals surface area contributed by atoms with E-state index in [1.54, 1.807) is 0 Å². The Hall–Kier alpha value is -5.86. The zero-order chi connectivity index (χ0) is 31.3. The van der Waals surface area contributed by atoms with Crippen LogP contribution in [-0.2, 0) is 5.41 Å². The summed E-state index contributed by atoms with van der Waals surface area (Å²) in [4.78, 5) is 0. The monoisotopic (exact) mass is 601 g/mol. The average Bonchev–Trinajstić information content (AvgIpc) is 3.73. The number of fused-ring (bicyclic) bond motifs is 9. The molecule has 1 aliphatic rings. The van der Waals surface area contributed by atoms with Gasteiger partial charge in [-0.1, -0.05) is 123 Å². The second-order valence-electron chi connectivity index (χ2n) is 13.3. The van der Waals surface area contributed by atoms with Crippen molar-refractivity contribution in [1.82, 2.24) is 4.57 Å². The number of benzene rings is 7. The smallest absolute Gasteiger partial charge is 0.143 e. The van der Waals surface area contributed by atoms with Gasteiger partial charge in [-0.3, -0.25) is 0 Å². The zero-order valence-corrected chi connectivity index (χ0v) is 26.3. The molecule has 0 amide bonds. The van der Waals surface area contributed by atoms with Crippen LogP contribution in [0.15, 0.2) is 156 Å². The molecule has 10 rings (SSSR count). The van der Waals surface area contributed by atoms with Crippen molar-refractivity contribution in [3.05, 3.63) is 163 Å². The van der Waals surface area contributed by atoms with E-state index in [2.05, 4.69) is 164 Å². The fourth-order valence-corrected chi connectivity index (χ4v) is 8.09. The van der Waals surface area contributed by atoms with E-state index in [0.717, 1.165) is 38.8 Å². The first kappa shape index (κ1) is 26.4. The molecule has 2 nitrogen and oxygen atoms in total. The quantitative estimate of drug-likeness (QED) is 0.197. The predicted octanol–water partition coefficient (Wildman–Crippen LogP) is 12.3. The van der Waals surface area contributed by atoms with Gasteiger partial charge in [-0.25, -0.2) is 0 Å². The summed E-state index contributed by atoms with van der Waals surface area (Å²) in [5.74, 6) is 0. The van der Waals surface area contributed by atoms with E-state index in [1.165, 1.54) is 55.2 Å². The Labute approximate surface area is 273 Å². The minimum atomic E-state index is -0.0879. The van der Waals surface area contributed by atoms with Crippen molar-refractivity contribution in [1.29, 1.82) is 0 Å². The van der Waals surface area contributed by atoms with Gasteiger partial charge in [0.2, 0.25) is 0 Å². The summed E-state index contributed by atoms with van der Waals surface area (Å²) in [6.07, 6.45) is 0. The van der Waals surface area contributed by atoms with Gasteiger partial charge in [0.1, 0.15) is 11.2 Å². The standard InChI is InChI=1S/C45H31NO/c1-45(2)39-20-8-6-16-33(39)36-26-38-37-25-29(28-12-4-3-5-13-28)22-23-41(37)46(42(38)27-40(36)45)31-15-10-14-30(24-31)32-18-11-19-35-34-17-7-9-21-43(34)47-44(32)35/h3-27H,1-2H3. The number of para-hydroxylation sites is 2. The lowest BCUT2D eigenvalue weighted by Crippen LogP contribution is -2.14. The SMILES string of the molecule is CC1(C)c2ccccc2-c2cc3c4cc(-c5ccccc5)ccc4n(-c4cccc(-c5cccc6c5oc5ccccc56)c4)c3cc21. The third-order valence-electron chi connectivity index (χ3n) is 10.4. The molecule has 0 atom stereocenters. The van der Waals surface area contributed by atoms with Crippen molar-refractivity contribution < 1.29 is 4.42 Å². The molecule has 0 unspecified atom stereocenters. The highest BCUT2D eigenvalue weighted by Crippen LogP contribution is 2.51. The third-order valence-corrected chi connectivity index (χ3v) is 10.4. The van der Waals surface area contributed by atoms with Crippen molar-refractivity contribution in [3.8, 4) is 39.1 Å². The largest absolute Gasteiger partial charge is 0.455 e. The highest BCUT2D eigenvalue weighted by Gasteiger charge is 2.36. The molecule has 1 aliphatic carbocycles. The Morgan fingerprint density at radius 1 is 0.447 bits per heavy atom. The van der Waals surface area contributed by atoms with Crippen LogP contribution in [0, 0.1) is 0 Å². The molecule has 47 heavy (non-hydrogen) atoms. The van der Waals surface area contributed by atoms with Crippen LogP contribution in [0.2, 0.25) is 0 Å². The first-order chi connectivity index (χ1) is 23.1. The van der Waals surface area contributed by atoms with E-state index in [9.17, 15) is 0 Å². The molecular weight excluding hydrogens is 571 g/mol. The summed E-state index contributed by atoms with van der Waals surface area (Å²) < 4.78 is 8.92. The van der Waals surface area contributed by atoms with Gasteiger partial charge in [0.15, 0.2) is 0 Å². The van der Waals surface area contributed by atoms with Crippen molar-refractivity contribution in [2.45, 2.75) is 19.3 Å². The molecule has 0 bridgehead atoms. The highest BCUT2D eigenvalue weighted by atomic mass is 16.3. The Morgan fingerprint density at radius 3 is 2.09 bits per heavy atom. The maximum atomic E-state index is 6.46. The van der Waals surface area contributed by atoms with Crippen LogP contribution < -0.4 is 0 Å². The second kappa shape index (κ2) is 9.57. The van der Waals surface area contributed by atoms with Gasteiger partial charge in [-0.15, -0.1) is 0 Å². The molecule has 9 aromatic rings. The van der Waals surface area contributed by atoms with E-state index < -0.39 is 0 Å². The zero-order valence-electron chi connectivity index (χ0n) is 26.3. The topological polar surface area (TPSA) is 18.1 Å². The lowest BCUT2D eigenvalue weighted by Gasteiger charge is -2.21. The summed E-state index contributed by atoms with van der Waals surface area (Å²) in [7, 11) is 0. The fourth-order valence-electron chi connectivity index (χ4n) is 8.09. The molecule has 0 aliphatic heterocycles. The lowest BCUT2D eigenvalue weighted by molar-refractivity contribution is 0.661. The summed E-state index contributed by atoms with van der Waals surface area (Å²) in [5, 5.41) is 4.82. The molecule has 0 saturated carbocycles. The maximum absolute atomic E-state index is 6.46. The van der Waals surface area contributed by atoms with Crippen LogP contribution in [0.3, 0.4) is 0 Å². The average molecular weight is 602 g/mol. The predicted molar refractivity (Wildman–Crippen MR) is 196 cm³/mol. The fraction of sp³-hybridized carbons (Fsp3) is 0.0667. The Bertz CT molecular complexity index is 2700. The first-order valence-electron chi connectivity index (χ1n) is 16.4. The van der Waals surface area contributed by atoms with Crippen LogP contribution in [-0.4, -0.2) is 4.57 Å². The number of hydrogen-bond acceptors (Lipinski definition) is 1. The number of rotatable bonds is 3. The molecular formula is C45H31NO. The molecule has 7 aromatic carbocycles. The van der Waals surface area contributed by atoms with Gasteiger partial charge in [0.05, 0.1) is 11.0 Å². The van der Waals surface area contributed by atoms with Crippen molar-refractivity contribution in [2.75, 3.05) is 0 Å². The van der Waals surface area contributed by atoms with Crippen molar-refractivity contribution >= 4 is 43.7 Å². The second-order valence-corrected chi connectivity index (χ2v) is 13.3. The van der Waals surface area contributed by atoms with Crippen LogP contribution >= 0.6 is 0 Å². The van der Waals surface area contributed by atoms with Crippen LogP contribution in [0.1, 0.15) is 25.0 Å². The minimum absolute atomic E-state index is 0.0879. The molecule has 2 heteroatoms. The number of hydrogen-bond donors (Lipinski definition) is 0. The normalized spacial score (nSPS) is 13.5. The first-order valence-corrected chi connectivity index (χ1v) is 16.4. The van der Waals surface area contributed by atoms with Gasteiger partial charge in [0, 0.05) is 38.2 Å². The molecule has 0 fully saturated rings. The number of nitrogens with zero attached hydrogens (tertiary/aromatic N) is 1. The summed E-state index contributed by atoms with van der Waals surface area (Å²) in [6.45, 7) is 4.72. The van der Waals surface area contributed by atoms with E-state index >= 15 is 0 Å². The van der Waals surface area contributed by atoms with Gasteiger partial charge < -0.3 is 8.98 Å². The minimum Gasteiger partial charge on any atom is -0.455 e.